The largest absolute Gasteiger partial charge is 0.445 e. The van der Waals surface area contributed by atoms with E-state index in [0.717, 1.165) is 49.9 Å². The van der Waals surface area contributed by atoms with Crippen molar-refractivity contribution < 1.29 is 23.9 Å². The van der Waals surface area contributed by atoms with Gasteiger partial charge in [-0.1, -0.05) is 54.6 Å². The van der Waals surface area contributed by atoms with Crippen LogP contribution in [0.2, 0.25) is 0 Å². The molecule has 216 valence electrons. The number of piperidine rings is 3. The number of aldehydes is 1. The van der Waals surface area contributed by atoms with Crippen LogP contribution in [0.1, 0.15) is 55.0 Å². The van der Waals surface area contributed by atoms with Crippen molar-refractivity contribution in [2.45, 2.75) is 31.0 Å². The second-order valence-corrected chi connectivity index (χ2v) is 11.4. The Labute approximate surface area is 244 Å². The molecule has 42 heavy (non-hydrogen) atoms. The number of hydrogen-bond donors (Lipinski definition) is 2. The van der Waals surface area contributed by atoms with Crippen molar-refractivity contribution in [3.05, 3.63) is 107 Å². The van der Waals surface area contributed by atoms with Gasteiger partial charge >= 0.3 is 6.09 Å². The summed E-state index contributed by atoms with van der Waals surface area (Å²) in [5.74, 6) is -0.0181. The molecule has 9 heteroatoms. The summed E-state index contributed by atoms with van der Waals surface area (Å²) in [5, 5.41) is 5.96. The van der Waals surface area contributed by atoms with Gasteiger partial charge in [0.25, 0.3) is 11.8 Å². The standard InChI is InChI=1S/C33H34N4O5/c38-20-24-8-6-23(7-9-24)18-34-30(39)26-10-12-27(13-11-26)31(40)37-21-33(22-37,28-4-2-1-3-5-28)35-32(41)42-29-19-36-16-14-25(29)15-17-36/h1-13,20,25,29H,14-19,21-22H2,(H,34,39)(H,35,41)/t29-/m0/s1. The number of carbonyl (C=O) groups is 4. The lowest BCUT2D eigenvalue weighted by Crippen LogP contribution is -2.69. The number of carbonyl (C=O) groups excluding carboxylic acids is 4. The molecule has 2 bridgehead atoms. The Balaban J connectivity index is 1.07. The van der Waals surface area contributed by atoms with E-state index in [9.17, 15) is 19.2 Å². The van der Waals surface area contributed by atoms with Crippen LogP contribution in [0.3, 0.4) is 0 Å². The average molecular weight is 567 g/mol. The molecule has 4 aliphatic rings. The molecular weight excluding hydrogens is 532 g/mol. The number of likely N-dealkylation sites (tertiary alicyclic amines) is 1. The van der Waals surface area contributed by atoms with E-state index in [1.807, 2.05) is 30.3 Å². The van der Waals surface area contributed by atoms with Crippen LogP contribution in [-0.4, -0.2) is 72.8 Å². The number of alkyl carbamates (subject to hydrolysis) is 1. The highest BCUT2D eigenvalue weighted by atomic mass is 16.6. The summed E-state index contributed by atoms with van der Waals surface area (Å²) < 4.78 is 5.91. The number of hydrogen-bond acceptors (Lipinski definition) is 6. The molecule has 7 rings (SSSR count). The molecule has 4 saturated heterocycles. The fraction of sp³-hybridized carbons (Fsp3) is 0.333. The minimum absolute atomic E-state index is 0.100. The van der Waals surface area contributed by atoms with Crippen LogP contribution in [-0.2, 0) is 16.8 Å². The maximum absolute atomic E-state index is 13.3. The van der Waals surface area contributed by atoms with Gasteiger partial charge in [0, 0.05) is 29.8 Å². The molecule has 4 heterocycles. The Morgan fingerprint density at radius 1 is 0.881 bits per heavy atom. The van der Waals surface area contributed by atoms with E-state index >= 15 is 0 Å². The monoisotopic (exact) mass is 566 g/mol. The molecule has 1 atom stereocenters. The first-order chi connectivity index (χ1) is 20.4. The SMILES string of the molecule is O=Cc1ccc(CNC(=O)c2ccc(C(=O)N3CC(NC(=O)O[C@H]4CN5CCC4CC5)(c4ccccc4)C3)cc2)cc1. The predicted octanol–water partition coefficient (Wildman–Crippen LogP) is 3.60. The average Bonchev–Trinajstić information content (AvgIpc) is 3.02. The van der Waals surface area contributed by atoms with E-state index in [-0.39, 0.29) is 17.9 Å². The molecule has 0 unspecified atom stereocenters. The molecular formula is C33H34N4O5. The van der Waals surface area contributed by atoms with Gasteiger partial charge in [0.2, 0.25) is 0 Å². The van der Waals surface area contributed by atoms with Gasteiger partial charge in [-0.3, -0.25) is 19.3 Å². The number of nitrogens with zero attached hydrogens (tertiary/aromatic N) is 2. The molecule has 4 aliphatic heterocycles. The molecule has 3 amide bonds. The summed E-state index contributed by atoms with van der Waals surface area (Å²) in [6, 6.07) is 23.2. The van der Waals surface area contributed by atoms with E-state index < -0.39 is 11.6 Å². The lowest BCUT2D eigenvalue weighted by atomic mass is 9.82. The van der Waals surface area contributed by atoms with Crippen molar-refractivity contribution in [2.24, 2.45) is 5.92 Å². The number of benzene rings is 3. The van der Waals surface area contributed by atoms with Crippen molar-refractivity contribution in [2.75, 3.05) is 32.7 Å². The fourth-order valence-corrected chi connectivity index (χ4v) is 6.19. The van der Waals surface area contributed by atoms with Gasteiger partial charge in [-0.15, -0.1) is 0 Å². The smallest absolute Gasteiger partial charge is 0.408 e. The molecule has 0 aliphatic carbocycles. The summed E-state index contributed by atoms with van der Waals surface area (Å²) in [6.45, 7) is 3.88. The number of ether oxygens (including phenoxy) is 1. The van der Waals surface area contributed by atoms with Gasteiger partial charge in [0.15, 0.2) is 0 Å². The Kier molecular flexibility index (Phi) is 7.75. The van der Waals surface area contributed by atoms with E-state index in [0.29, 0.717) is 42.2 Å². The van der Waals surface area contributed by atoms with Crippen LogP contribution < -0.4 is 10.6 Å². The van der Waals surface area contributed by atoms with Gasteiger partial charge in [0.1, 0.15) is 17.9 Å². The third-order valence-electron chi connectivity index (χ3n) is 8.69. The van der Waals surface area contributed by atoms with Crippen LogP contribution in [0, 0.1) is 5.92 Å². The summed E-state index contributed by atoms with van der Waals surface area (Å²) in [7, 11) is 0. The number of nitrogens with one attached hydrogen (secondary N) is 2. The van der Waals surface area contributed by atoms with Crippen molar-refractivity contribution in [3.8, 4) is 0 Å². The van der Waals surface area contributed by atoms with Crippen LogP contribution >= 0.6 is 0 Å². The van der Waals surface area contributed by atoms with Crippen molar-refractivity contribution in [3.63, 3.8) is 0 Å². The zero-order valence-electron chi connectivity index (χ0n) is 23.3. The summed E-state index contributed by atoms with van der Waals surface area (Å²) in [4.78, 5) is 53.9. The first-order valence-corrected chi connectivity index (χ1v) is 14.4. The molecule has 9 nitrogen and oxygen atoms in total. The third kappa shape index (κ3) is 5.78. The lowest BCUT2D eigenvalue weighted by Gasteiger charge is -2.51. The molecule has 0 aromatic heterocycles. The van der Waals surface area contributed by atoms with Gasteiger partial charge in [-0.2, -0.15) is 0 Å². The van der Waals surface area contributed by atoms with Gasteiger partial charge in [-0.05, 0) is 67.2 Å². The van der Waals surface area contributed by atoms with Crippen LogP contribution in [0.25, 0.3) is 0 Å². The molecule has 3 aromatic carbocycles. The van der Waals surface area contributed by atoms with Crippen molar-refractivity contribution in [1.29, 1.82) is 0 Å². The maximum Gasteiger partial charge on any atom is 0.408 e. The number of rotatable bonds is 8. The highest BCUT2D eigenvalue weighted by molar-refractivity contribution is 5.98. The van der Waals surface area contributed by atoms with E-state index in [2.05, 4.69) is 15.5 Å². The Morgan fingerprint density at radius 2 is 1.55 bits per heavy atom. The number of amides is 3. The van der Waals surface area contributed by atoms with E-state index in [1.165, 1.54) is 0 Å². The lowest BCUT2D eigenvalue weighted by molar-refractivity contribution is -0.0404. The second kappa shape index (κ2) is 11.8. The Hall–Kier alpha value is -4.50. The van der Waals surface area contributed by atoms with E-state index in [4.69, 9.17) is 4.74 Å². The first kappa shape index (κ1) is 27.7. The summed E-state index contributed by atoms with van der Waals surface area (Å²) in [6.07, 6.45) is 2.34. The van der Waals surface area contributed by atoms with Crippen LogP contribution in [0.15, 0.2) is 78.9 Å². The second-order valence-electron chi connectivity index (χ2n) is 11.4. The Bertz CT molecular complexity index is 1440. The first-order valence-electron chi connectivity index (χ1n) is 14.4. The Morgan fingerprint density at radius 3 is 2.17 bits per heavy atom. The predicted molar refractivity (Wildman–Crippen MR) is 156 cm³/mol. The van der Waals surface area contributed by atoms with Gasteiger partial charge in [0.05, 0.1) is 13.1 Å². The molecule has 0 saturated carbocycles. The van der Waals surface area contributed by atoms with Crippen molar-refractivity contribution >= 4 is 24.2 Å². The van der Waals surface area contributed by atoms with Gasteiger partial charge in [-0.25, -0.2) is 4.79 Å². The zero-order chi connectivity index (χ0) is 29.1. The number of fused-ring (bicyclic) bond motifs is 3. The molecule has 0 spiro atoms. The summed E-state index contributed by atoms with van der Waals surface area (Å²) in [5.41, 5.74) is 2.55. The normalized spacial score (nSPS) is 22.0. The molecule has 0 radical (unpaired) electrons. The summed E-state index contributed by atoms with van der Waals surface area (Å²) >= 11 is 0. The van der Waals surface area contributed by atoms with Crippen LogP contribution in [0.5, 0.6) is 0 Å². The van der Waals surface area contributed by atoms with Gasteiger partial charge < -0.3 is 20.3 Å². The quantitative estimate of drug-likeness (QED) is 0.404. The fourth-order valence-electron chi connectivity index (χ4n) is 6.19. The molecule has 3 aromatic rings. The highest BCUT2D eigenvalue weighted by Gasteiger charge is 2.49. The van der Waals surface area contributed by atoms with Crippen LogP contribution in [0.4, 0.5) is 4.79 Å². The molecule has 4 fully saturated rings. The zero-order valence-corrected chi connectivity index (χ0v) is 23.3. The highest BCUT2D eigenvalue weighted by Crippen LogP contribution is 2.34. The third-order valence-corrected chi connectivity index (χ3v) is 8.69. The van der Waals surface area contributed by atoms with Crippen molar-refractivity contribution in [1.82, 2.24) is 20.4 Å². The molecule has 2 N–H and O–H groups in total. The minimum atomic E-state index is -0.730. The van der Waals surface area contributed by atoms with E-state index in [1.54, 1.807) is 53.4 Å². The topological polar surface area (TPSA) is 108 Å². The minimum Gasteiger partial charge on any atom is -0.445 e. The maximum atomic E-state index is 13.3.